The molecule has 0 saturated heterocycles. The van der Waals surface area contributed by atoms with Gasteiger partial charge in [-0.05, 0) is 24.3 Å². The topological polar surface area (TPSA) is 38.9 Å². The molecule has 1 aromatic carbocycles. The number of fused-ring (bicyclic) bond motifs is 1. The molecular formula is C13H16N2. The third kappa shape index (κ3) is 1.73. The summed E-state index contributed by atoms with van der Waals surface area (Å²) in [7, 11) is 0. The average molecular weight is 200 g/mol. The van der Waals surface area contributed by atoms with Gasteiger partial charge in [-0.15, -0.1) is 0 Å². The number of nitrogens with two attached hydrogens (primary N) is 1. The maximum Gasteiger partial charge on any atom is 0.0479 e. The number of hydrogen-bond acceptors (Lipinski definition) is 2. The van der Waals surface area contributed by atoms with E-state index in [1.807, 2.05) is 25.3 Å². The van der Waals surface area contributed by atoms with Gasteiger partial charge in [-0.2, -0.15) is 0 Å². The van der Waals surface area contributed by atoms with Crippen molar-refractivity contribution in [2.45, 2.75) is 26.3 Å². The van der Waals surface area contributed by atoms with Gasteiger partial charge in [0.1, 0.15) is 0 Å². The largest absolute Gasteiger partial charge is 0.324 e. The number of rotatable bonds is 2. The zero-order valence-corrected chi connectivity index (χ0v) is 9.20. The van der Waals surface area contributed by atoms with Crippen LogP contribution in [0.2, 0.25) is 0 Å². The smallest absolute Gasteiger partial charge is 0.0479 e. The lowest BCUT2D eigenvalue weighted by molar-refractivity contribution is 0.818. The Balaban J connectivity index is 2.77. The van der Waals surface area contributed by atoms with Gasteiger partial charge in [0, 0.05) is 23.3 Å². The van der Waals surface area contributed by atoms with Gasteiger partial charge < -0.3 is 5.73 Å². The first-order valence-corrected chi connectivity index (χ1v) is 5.36. The van der Waals surface area contributed by atoms with E-state index in [1.165, 1.54) is 10.8 Å². The highest BCUT2D eigenvalue weighted by Crippen LogP contribution is 2.24. The molecule has 1 heterocycles. The first-order valence-electron chi connectivity index (χ1n) is 5.36. The van der Waals surface area contributed by atoms with Gasteiger partial charge in [-0.25, -0.2) is 0 Å². The van der Waals surface area contributed by atoms with Crippen molar-refractivity contribution in [2.75, 3.05) is 0 Å². The van der Waals surface area contributed by atoms with Crippen LogP contribution in [0.25, 0.3) is 10.8 Å². The molecule has 0 spiro atoms. The maximum absolute atomic E-state index is 5.93. The molecule has 2 heteroatoms. The second kappa shape index (κ2) is 3.99. The van der Waals surface area contributed by atoms with Gasteiger partial charge in [0.25, 0.3) is 0 Å². The minimum atomic E-state index is 0.0355. The van der Waals surface area contributed by atoms with Crippen molar-refractivity contribution in [3.8, 4) is 0 Å². The lowest BCUT2D eigenvalue weighted by Gasteiger charge is -2.11. The first-order chi connectivity index (χ1) is 7.24. The summed E-state index contributed by atoms with van der Waals surface area (Å²) in [5.74, 6) is 0. The molecule has 2 rings (SSSR count). The first kappa shape index (κ1) is 10.1. The third-order valence-corrected chi connectivity index (χ3v) is 2.73. The molecule has 2 nitrogen and oxygen atoms in total. The molecule has 2 N–H and O–H groups in total. The van der Waals surface area contributed by atoms with Crippen LogP contribution in [0.3, 0.4) is 0 Å². The molecular weight excluding hydrogens is 184 g/mol. The standard InChI is InChI=1S/C13H16N2/c1-3-13-11-7-5-4-6-10(11)12(8-15-13)9(2)14/h4-9H,3,14H2,1-2H3. The minimum absolute atomic E-state index is 0.0355. The van der Waals surface area contributed by atoms with E-state index in [-0.39, 0.29) is 6.04 Å². The lowest BCUT2D eigenvalue weighted by Crippen LogP contribution is -2.07. The highest BCUT2D eigenvalue weighted by Gasteiger charge is 2.08. The Morgan fingerprint density at radius 2 is 1.93 bits per heavy atom. The summed E-state index contributed by atoms with van der Waals surface area (Å²) in [6.07, 6.45) is 2.87. The van der Waals surface area contributed by atoms with Crippen LogP contribution in [-0.2, 0) is 6.42 Å². The molecule has 1 atom stereocenters. The molecule has 2 aromatic rings. The average Bonchev–Trinajstić information content (AvgIpc) is 2.27. The summed E-state index contributed by atoms with van der Waals surface area (Å²) in [6.45, 7) is 4.12. The Hall–Kier alpha value is -1.41. The van der Waals surface area contributed by atoms with Crippen LogP contribution in [0.5, 0.6) is 0 Å². The quantitative estimate of drug-likeness (QED) is 0.809. The van der Waals surface area contributed by atoms with Crippen molar-refractivity contribution in [3.63, 3.8) is 0 Å². The van der Waals surface area contributed by atoms with Gasteiger partial charge in [0.15, 0.2) is 0 Å². The third-order valence-electron chi connectivity index (χ3n) is 2.73. The second-order valence-corrected chi connectivity index (χ2v) is 3.85. The van der Waals surface area contributed by atoms with E-state index in [4.69, 9.17) is 5.73 Å². The summed E-state index contributed by atoms with van der Waals surface area (Å²) in [5, 5.41) is 2.47. The van der Waals surface area contributed by atoms with Crippen molar-refractivity contribution < 1.29 is 0 Å². The van der Waals surface area contributed by atoms with Crippen molar-refractivity contribution in [2.24, 2.45) is 5.73 Å². The minimum Gasteiger partial charge on any atom is -0.324 e. The van der Waals surface area contributed by atoms with Gasteiger partial charge >= 0.3 is 0 Å². The Morgan fingerprint density at radius 1 is 1.27 bits per heavy atom. The second-order valence-electron chi connectivity index (χ2n) is 3.85. The summed E-state index contributed by atoms with van der Waals surface area (Å²) in [5.41, 5.74) is 8.21. The molecule has 0 aliphatic carbocycles. The van der Waals surface area contributed by atoms with Gasteiger partial charge in [-0.3, -0.25) is 4.98 Å². The van der Waals surface area contributed by atoms with Gasteiger partial charge in [0.05, 0.1) is 0 Å². The van der Waals surface area contributed by atoms with Crippen LogP contribution in [0, 0.1) is 0 Å². The van der Waals surface area contributed by atoms with Crippen LogP contribution in [0.4, 0.5) is 0 Å². The molecule has 15 heavy (non-hydrogen) atoms. The zero-order valence-electron chi connectivity index (χ0n) is 9.20. The molecule has 0 aliphatic heterocycles. The maximum atomic E-state index is 5.93. The Morgan fingerprint density at radius 3 is 2.53 bits per heavy atom. The van der Waals surface area contributed by atoms with E-state index in [2.05, 4.69) is 24.0 Å². The monoisotopic (exact) mass is 200 g/mol. The fraction of sp³-hybridized carbons (Fsp3) is 0.308. The van der Waals surface area contributed by atoms with E-state index < -0.39 is 0 Å². The summed E-state index contributed by atoms with van der Waals surface area (Å²) in [4.78, 5) is 4.47. The number of pyridine rings is 1. The van der Waals surface area contributed by atoms with Gasteiger partial charge in [0.2, 0.25) is 0 Å². The van der Waals surface area contributed by atoms with Gasteiger partial charge in [-0.1, -0.05) is 31.2 Å². The Bertz CT molecular complexity index is 475. The normalized spacial score (nSPS) is 13.0. The fourth-order valence-electron chi connectivity index (χ4n) is 1.92. The molecule has 1 unspecified atom stereocenters. The molecule has 0 saturated carbocycles. The van der Waals surface area contributed by atoms with E-state index in [0.29, 0.717) is 0 Å². The SMILES string of the molecule is CCc1ncc(C(C)N)c2ccccc12. The zero-order chi connectivity index (χ0) is 10.8. The number of aryl methyl sites for hydroxylation is 1. The molecule has 0 amide bonds. The highest BCUT2D eigenvalue weighted by atomic mass is 14.7. The van der Waals surface area contributed by atoms with Crippen molar-refractivity contribution in [1.82, 2.24) is 4.98 Å². The van der Waals surface area contributed by atoms with Crippen LogP contribution in [0.15, 0.2) is 30.5 Å². The van der Waals surface area contributed by atoms with E-state index >= 15 is 0 Å². The Kier molecular flexibility index (Phi) is 2.69. The number of aromatic nitrogens is 1. The lowest BCUT2D eigenvalue weighted by atomic mass is 10.0. The van der Waals surface area contributed by atoms with E-state index in [9.17, 15) is 0 Å². The predicted molar refractivity (Wildman–Crippen MR) is 63.7 cm³/mol. The number of hydrogen-bond donors (Lipinski definition) is 1. The van der Waals surface area contributed by atoms with Crippen LogP contribution in [0.1, 0.15) is 31.1 Å². The molecule has 1 aromatic heterocycles. The highest BCUT2D eigenvalue weighted by molar-refractivity contribution is 5.87. The van der Waals surface area contributed by atoms with Crippen molar-refractivity contribution in [3.05, 3.63) is 41.7 Å². The van der Waals surface area contributed by atoms with Crippen LogP contribution >= 0.6 is 0 Å². The van der Waals surface area contributed by atoms with Crippen LogP contribution in [-0.4, -0.2) is 4.98 Å². The Labute approximate surface area is 90.1 Å². The van der Waals surface area contributed by atoms with Crippen LogP contribution < -0.4 is 5.73 Å². The summed E-state index contributed by atoms with van der Waals surface area (Å²) in [6, 6.07) is 8.37. The summed E-state index contributed by atoms with van der Waals surface area (Å²) < 4.78 is 0. The molecule has 78 valence electrons. The van der Waals surface area contributed by atoms with E-state index in [0.717, 1.165) is 17.7 Å². The number of benzene rings is 1. The fourth-order valence-corrected chi connectivity index (χ4v) is 1.92. The van der Waals surface area contributed by atoms with E-state index in [1.54, 1.807) is 0 Å². The molecule has 0 bridgehead atoms. The molecule has 0 radical (unpaired) electrons. The number of nitrogens with zero attached hydrogens (tertiary/aromatic N) is 1. The molecule has 0 aliphatic rings. The molecule has 0 fully saturated rings. The van der Waals surface area contributed by atoms with Crippen molar-refractivity contribution >= 4 is 10.8 Å². The summed E-state index contributed by atoms with van der Waals surface area (Å²) >= 11 is 0. The van der Waals surface area contributed by atoms with Crippen molar-refractivity contribution in [1.29, 1.82) is 0 Å². The predicted octanol–water partition coefficient (Wildman–Crippen LogP) is 2.82.